The van der Waals surface area contributed by atoms with Crippen molar-refractivity contribution in [2.24, 2.45) is 0 Å². The van der Waals surface area contributed by atoms with Gasteiger partial charge in [0.1, 0.15) is 6.04 Å². The predicted octanol–water partition coefficient (Wildman–Crippen LogP) is 1.21. The summed E-state index contributed by atoms with van der Waals surface area (Å²) in [4.78, 5) is 21.0. The molecule has 0 rings (SSSR count). The molecule has 1 atom stereocenters. The van der Waals surface area contributed by atoms with Crippen LogP contribution in [-0.4, -0.2) is 38.5 Å². The van der Waals surface area contributed by atoms with Crippen LogP contribution in [0.15, 0.2) is 0 Å². The zero-order valence-electron chi connectivity index (χ0n) is 10.5. The zero-order chi connectivity index (χ0) is 13.0. The fourth-order valence-corrected chi connectivity index (χ4v) is 1.80. The minimum atomic E-state index is -1.96. The van der Waals surface area contributed by atoms with Crippen LogP contribution in [-0.2, 0) is 14.0 Å². The molecule has 6 heteroatoms. The molecule has 0 radical (unpaired) electrons. The third kappa shape index (κ3) is 4.32. The van der Waals surface area contributed by atoms with Gasteiger partial charge in [-0.15, -0.1) is 0 Å². The van der Waals surface area contributed by atoms with Crippen LogP contribution in [0.3, 0.4) is 0 Å². The first-order chi connectivity index (χ1) is 7.12. The van der Waals surface area contributed by atoms with Gasteiger partial charge in [-0.25, -0.2) is 4.79 Å². The average molecular weight is 247 g/mol. The van der Waals surface area contributed by atoms with Crippen molar-refractivity contribution in [3.63, 3.8) is 0 Å². The minimum absolute atomic E-state index is 0.0184. The van der Waals surface area contributed by atoms with E-state index in [2.05, 4.69) is 26.1 Å². The molecule has 2 N–H and O–H groups in total. The molecule has 0 aromatic carbocycles. The van der Waals surface area contributed by atoms with Gasteiger partial charge in [-0.2, -0.15) is 0 Å². The monoisotopic (exact) mass is 247 g/mol. The lowest BCUT2D eigenvalue weighted by molar-refractivity contribution is -0.141. The van der Waals surface area contributed by atoms with Gasteiger partial charge in [0.15, 0.2) is 8.32 Å². The zero-order valence-corrected chi connectivity index (χ0v) is 11.5. The summed E-state index contributed by atoms with van der Waals surface area (Å²) in [7, 11) is -1.96. The minimum Gasteiger partial charge on any atom is -0.480 e. The molecule has 0 aliphatic heterocycles. The molecule has 0 aliphatic carbocycles. The fraction of sp³-hybridized carbons (Fsp3) is 0.800. The standard InChI is InChI=1S/C10H21NO4Si/c1-10(2,3)16(4,5)15-6-8(9(13)14)11-7-12/h7-8H,6H2,1-5H3,(H,11,12)(H,13,14)/t8-/m0/s1. The number of carbonyl (C=O) groups excluding carboxylic acids is 1. The highest BCUT2D eigenvalue weighted by molar-refractivity contribution is 6.74. The number of carboxylic acid groups (broad SMARTS) is 1. The molecule has 0 heterocycles. The summed E-state index contributed by atoms with van der Waals surface area (Å²) in [6, 6.07) is -0.966. The van der Waals surface area contributed by atoms with Crippen LogP contribution in [0.5, 0.6) is 0 Å². The predicted molar refractivity (Wildman–Crippen MR) is 63.8 cm³/mol. The topological polar surface area (TPSA) is 75.6 Å². The van der Waals surface area contributed by atoms with Crippen molar-refractivity contribution in [3.8, 4) is 0 Å². The van der Waals surface area contributed by atoms with E-state index in [-0.39, 0.29) is 11.6 Å². The van der Waals surface area contributed by atoms with Crippen molar-refractivity contribution >= 4 is 20.7 Å². The number of carbonyl (C=O) groups is 2. The Morgan fingerprint density at radius 3 is 2.31 bits per heavy atom. The molecular weight excluding hydrogens is 226 g/mol. The van der Waals surface area contributed by atoms with Gasteiger partial charge in [-0.3, -0.25) is 4.79 Å². The second-order valence-electron chi connectivity index (χ2n) is 5.25. The van der Waals surface area contributed by atoms with Crippen molar-refractivity contribution < 1.29 is 19.1 Å². The lowest BCUT2D eigenvalue weighted by Gasteiger charge is -2.36. The Labute approximate surface area is 97.3 Å². The molecular formula is C10H21NO4Si. The highest BCUT2D eigenvalue weighted by Crippen LogP contribution is 2.36. The molecule has 0 fully saturated rings. The lowest BCUT2D eigenvalue weighted by Crippen LogP contribution is -2.47. The Morgan fingerprint density at radius 1 is 1.50 bits per heavy atom. The van der Waals surface area contributed by atoms with E-state index in [0.29, 0.717) is 6.41 Å². The quantitative estimate of drug-likeness (QED) is 0.546. The van der Waals surface area contributed by atoms with E-state index in [4.69, 9.17) is 9.53 Å². The van der Waals surface area contributed by atoms with Crippen LogP contribution in [0, 0.1) is 0 Å². The lowest BCUT2D eigenvalue weighted by atomic mass is 10.2. The molecule has 0 aliphatic rings. The summed E-state index contributed by atoms with van der Waals surface area (Å²) in [5, 5.41) is 11.1. The van der Waals surface area contributed by atoms with E-state index in [1.54, 1.807) is 0 Å². The summed E-state index contributed by atoms with van der Waals surface area (Å²) in [6.07, 6.45) is 0.383. The Morgan fingerprint density at radius 2 is 2.00 bits per heavy atom. The SMILES string of the molecule is CC(C)(C)[Si](C)(C)OC[C@H](NC=O)C(=O)O. The van der Waals surface area contributed by atoms with Gasteiger partial charge in [0, 0.05) is 0 Å². The van der Waals surface area contributed by atoms with Crippen LogP contribution in [0.25, 0.3) is 0 Å². The van der Waals surface area contributed by atoms with Gasteiger partial charge in [0.25, 0.3) is 0 Å². The van der Waals surface area contributed by atoms with Crippen molar-refractivity contribution in [3.05, 3.63) is 0 Å². The number of amides is 1. The van der Waals surface area contributed by atoms with Crippen molar-refractivity contribution in [2.75, 3.05) is 6.61 Å². The second kappa shape index (κ2) is 5.45. The molecule has 0 unspecified atom stereocenters. The largest absolute Gasteiger partial charge is 0.480 e. The number of hydrogen-bond acceptors (Lipinski definition) is 3. The number of rotatable bonds is 6. The Hall–Kier alpha value is -0.883. The molecule has 0 aromatic heterocycles. The Balaban J connectivity index is 4.41. The number of aliphatic carboxylic acids is 1. The maximum atomic E-state index is 10.8. The van der Waals surface area contributed by atoms with Crippen LogP contribution in [0.1, 0.15) is 20.8 Å². The first kappa shape index (κ1) is 15.1. The average Bonchev–Trinajstić information content (AvgIpc) is 2.09. The molecule has 5 nitrogen and oxygen atoms in total. The van der Waals surface area contributed by atoms with Gasteiger partial charge >= 0.3 is 5.97 Å². The van der Waals surface area contributed by atoms with E-state index >= 15 is 0 Å². The van der Waals surface area contributed by atoms with Crippen molar-refractivity contribution in [1.29, 1.82) is 0 Å². The first-order valence-electron chi connectivity index (χ1n) is 5.18. The Kier molecular flexibility index (Phi) is 5.15. The number of hydrogen-bond donors (Lipinski definition) is 2. The highest BCUT2D eigenvalue weighted by Gasteiger charge is 2.38. The van der Waals surface area contributed by atoms with Crippen molar-refractivity contribution in [2.45, 2.75) is 44.9 Å². The molecule has 0 spiro atoms. The summed E-state index contributed by atoms with van der Waals surface area (Å²) >= 11 is 0. The third-order valence-corrected chi connectivity index (χ3v) is 7.49. The number of nitrogens with one attached hydrogen (secondary N) is 1. The van der Waals surface area contributed by atoms with E-state index < -0.39 is 20.3 Å². The van der Waals surface area contributed by atoms with Crippen LogP contribution < -0.4 is 5.32 Å². The van der Waals surface area contributed by atoms with E-state index in [1.807, 2.05) is 13.1 Å². The maximum absolute atomic E-state index is 10.8. The van der Waals surface area contributed by atoms with Gasteiger partial charge in [0.2, 0.25) is 6.41 Å². The van der Waals surface area contributed by atoms with Crippen LogP contribution in [0.2, 0.25) is 18.1 Å². The van der Waals surface area contributed by atoms with Gasteiger partial charge in [-0.1, -0.05) is 20.8 Å². The molecule has 0 saturated carbocycles. The maximum Gasteiger partial charge on any atom is 0.328 e. The normalized spacial score (nSPS) is 14.3. The molecule has 16 heavy (non-hydrogen) atoms. The third-order valence-electron chi connectivity index (χ3n) is 2.98. The molecule has 0 aromatic rings. The van der Waals surface area contributed by atoms with E-state index in [9.17, 15) is 9.59 Å². The second-order valence-corrected chi connectivity index (χ2v) is 10.1. The van der Waals surface area contributed by atoms with Crippen molar-refractivity contribution in [1.82, 2.24) is 5.32 Å². The molecule has 0 saturated heterocycles. The fourth-order valence-electron chi connectivity index (χ4n) is 0.781. The van der Waals surface area contributed by atoms with Gasteiger partial charge in [-0.05, 0) is 18.1 Å². The molecule has 1 amide bonds. The van der Waals surface area contributed by atoms with Gasteiger partial charge in [0.05, 0.1) is 6.61 Å². The van der Waals surface area contributed by atoms with Crippen LogP contribution >= 0.6 is 0 Å². The first-order valence-corrected chi connectivity index (χ1v) is 8.09. The number of carboxylic acids is 1. The van der Waals surface area contributed by atoms with Gasteiger partial charge < -0.3 is 14.8 Å². The summed E-state index contributed by atoms with van der Waals surface area (Å²) in [6.45, 7) is 10.3. The Bertz CT molecular complexity index is 260. The van der Waals surface area contributed by atoms with Crippen LogP contribution in [0.4, 0.5) is 0 Å². The smallest absolute Gasteiger partial charge is 0.328 e. The van der Waals surface area contributed by atoms with E-state index in [0.717, 1.165) is 0 Å². The molecule has 94 valence electrons. The summed E-state index contributed by atoms with van der Waals surface area (Å²) in [5.74, 6) is -1.08. The molecule has 0 bridgehead atoms. The summed E-state index contributed by atoms with van der Waals surface area (Å²) in [5.41, 5.74) is 0. The van der Waals surface area contributed by atoms with E-state index in [1.165, 1.54) is 0 Å². The highest BCUT2D eigenvalue weighted by atomic mass is 28.4. The summed E-state index contributed by atoms with van der Waals surface area (Å²) < 4.78 is 5.71.